The van der Waals surface area contributed by atoms with E-state index in [1.54, 1.807) is 6.92 Å². The summed E-state index contributed by atoms with van der Waals surface area (Å²) >= 11 is 0. The first-order chi connectivity index (χ1) is 11.5. The van der Waals surface area contributed by atoms with E-state index >= 15 is 0 Å². The molecule has 0 aliphatic carbocycles. The number of hydrogen-bond acceptors (Lipinski definition) is 6. The third-order valence-corrected chi connectivity index (χ3v) is 2.86. The van der Waals surface area contributed by atoms with Gasteiger partial charge < -0.3 is 10.5 Å². The lowest BCUT2D eigenvalue weighted by atomic mass is 10.1. The fourth-order valence-corrected chi connectivity index (χ4v) is 1.73. The Morgan fingerprint density at radius 1 is 1.17 bits per heavy atom. The van der Waals surface area contributed by atoms with Crippen LogP contribution in [-0.2, 0) is 9.53 Å². The van der Waals surface area contributed by atoms with E-state index in [1.165, 1.54) is 6.92 Å². The zero-order valence-corrected chi connectivity index (χ0v) is 13.9. The number of nitrogens with one attached hydrogen (secondary N) is 1. The number of hydrogen-bond donors (Lipinski definition) is 2. The van der Waals surface area contributed by atoms with Crippen LogP contribution in [0.5, 0.6) is 0 Å². The number of carbonyl (C=O) groups excluding carboxylic acids is 2. The van der Waals surface area contributed by atoms with Gasteiger partial charge in [0.2, 0.25) is 0 Å². The normalized spacial score (nSPS) is 12.7. The lowest BCUT2D eigenvalue weighted by Crippen LogP contribution is -2.30. The number of ether oxygens (including phenoxy) is 1. The number of rotatable bonds is 7. The Morgan fingerprint density at radius 2 is 1.83 bits per heavy atom. The van der Waals surface area contributed by atoms with Gasteiger partial charge in [-0.25, -0.2) is 15.0 Å². The van der Waals surface area contributed by atoms with Crippen molar-refractivity contribution in [3.05, 3.63) is 35.9 Å². The number of benzene rings is 1. The predicted octanol–water partition coefficient (Wildman–Crippen LogP) is 1.85. The highest BCUT2D eigenvalue weighted by molar-refractivity contribution is 6.65. The summed E-state index contributed by atoms with van der Waals surface area (Å²) < 4.78 is 4.94. The van der Waals surface area contributed by atoms with Crippen LogP contribution in [0.1, 0.15) is 32.8 Å². The number of nitrogens with two attached hydrogens (primary N) is 1. The average molecular weight is 331 g/mol. The van der Waals surface area contributed by atoms with E-state index in [2.05, 4.69) is 15.3 Å². The first-order valence-electron chi connectivity index (χ1n) is 7.46. The Labute approximate surface area is 140 Å². The minimum atomic E-state index is -0.848. The maximum absolute atomic E-state index is 12.0. The van der Waals surface area contributed by atoms with Crippen LogP contribution >= 0.6 is 0 Å². The van der Waals surface area contributed by atoms with Gasteiger partial charge in [0, 0.05) is 0 Å². The second-order valence-electron chi connectivity index (χ2n) is 4.61. The largest absolute Gasteiger partial charge is 0.461 e. The van der Waals surface area contributed by atoms with Gasteiger partial charge in [-0.1, -0.05) is 37.3 Å². The van der Waals surface area contributed by atoms with Crippen LogP contribution in [0.4, 0.5) is 4.79 Å². The van der Waals surface area contributed by atoms with Gasteiger partial charge in [-0.15, -0.1) is 5.10 Å². The van der Waals surface area contributed by atoms with Crippen molar-refractivity contribution in [1.29, 1.82) is 0 Å². The van der Waals surface area contributed by atoms with Gasteiger partial charge in [-0.2, -0.15) is 10.2 Å². The maximum atomic E-state index is 12.0. The molecule has 0 radical (unpaired) electrons. The number of hydrazone groups is 1. The third-order valence-electron chi connectivity index (χ3n) is 2.86. The van der Waals surface area contributed by atoms with Gasteiger partial charge in [0.15, 0.2) is 5.71 Å². The van der Waals surface area contributed by atoms with Crippen LogP contribution in [0, 0.1) is 0 Å². The summed E-state index contributed by atoms with van der Waals surface area (Å²) in [6.45, 7) is 5.28. The summed E-state index contributed by atoms with van der Waals surface area (Å²) in [5.74, 6) is -0.683. The van der Waals surface area contributed by atoms with Crippen LogP contribution in [0.15, 0.2) is 45.6 Å². The number of primary amides is 1. The molecule has 0 aromatic heterocycles. The molecule has 1 rings (SSSR count). The molecule has 24 heavy (non-hydrogen) atoms. The molecule has 1 aromatic rings. The number of carbonyl (C=O) groups is 2. The summed E-state index contributed by atoms with van der Waals surface area (Å²) in [6, 6.07) is 8.63. The highest BCUT2D eigenvalue weighted by Crippen LogP contribution is 2.05. The van der Waals surface area contributed by atoms with Gasteiger partial charge >= 0.3 is 12.0 Å². The van der Waals surface area contributed by atoms with E-state index in [0.717, 1.165) is 5.56 Å². The van der Waals surface area contributed by atoms with Gasteiger partial charge in [0.05, 0.1) is 18.0 Å². The van der Waals surface area contributed by atoms with Crippen molar-refractivity contribution in [3.8, 4) is 0 Å². The highest BCUT2D eigenvalue weighted by atomic mass is 16.5. The molecule has 0 heterocycles. The number of urea groups is 1. The predicted molar refractivity (Wildman–Crippen MR) is 93.2 cm³/mol. The van der Waals surface area contributed by atoms with Gasteiger partial charge in [-0.05, 0) is 25.8 Å². The molecular weight excluding hydrogens is 310 g/mol. The smallest absolute Gasteiger partial charge is 0.360 e. The van der Waals surface area contributed by atoms with Gasteiger partial charge in [0.1, 0.15) is 0 Å². The molecular formula is C16H21N5O3. The Kier molecular flexibility index (Phi) is 7.83. The summed E-state index contributed by atoms with van der Waals surface area (Å²) in [7, 11) is 0. The summed E-state index contributed by atoms with van der Waals surface area (Å²) in [4.78, 5) is 22.8. The third kappa shape index (κ3) is 5.99. The first-order valence-corrected chi connectivity index (χ1v) is 7.46. The summed E-state index contributed by atoms with van der Waals surface area (Å²) in [5, 5.41) is 11.8. The Bertz CT molecular complexity index is 666. The summed E-state index contributed by atoms with van der Waals surface area (Å²) in [5.41, 5.74) is 8.64. The average Bonchev–Trinajstić information content (AvgIpc) is 2.57. The molecule has 0 aliphatic rings. The van der Waals surface area contributed by atoms with Crippen molar-refractivity contribution >= 4 is 29.1 Å². The molecule has 3 N–H and O–H groups in total. The van der Waals surface area contributed by atoms with Crippen molar-refractivity contribution < 1.29 is 14.3 Å². The minimum absolute atomic E-state index is 0.104. The van der Waals surface area contributed by atoms with Crippen molar-refractivity contribution in [2.75, 3.05) is 6.61 Å². The number of nitrogens with zero attached hydrogens (tertiary/aromatic N) is 3. The second-order valence-corrected chi connectivity index (χ2v) is 4.61. The molecule has 0 saturated heterocycles. The molecule has 128 valence electrons. The standard InChI is InChI=1S/C16H21N5O3/c1-4-13(12-9-7-6-8-10-12)19-20-14(15(22)24-5-2)11(3)18-21-16(17)23/h6-10H,4-5H2,1-3H3,(H3,17,21,23)/b18-11+,19-13-,20-14-. The van der Waals surface area contributed by atoms with Crippen molar-refractivity contribution in [2.24, 2.45) is 21.0 Å². The molecule has 0 bridgehead atoms. The monoisotopic (exact) mass is 331 g/mol. The van der Waals surface area contributed by atoms with E-state index in [-0.39, 0.29) is 18.0 Å². The molecule has 2 amide bonds. The molecule has 0 atom stereocenters. The minimum Gasteiger partial charge on any atom is -0.461 e. The Balaban J connectivity index is 3.19. The molecule has 0 unspecified atom stereocenters. The quantitative estimate of drug-likeness (QED) is 0.451. The number of amides is 2. The molecule has 0 spiro atoms. The van der Waals surface area contributed by atoms with Crippen LogP contribution in [0.25, 0.3) is 0 Å². The van der Waals surface area contributed by atoms with Crippen LogP contribution in [0.2, 0.25) is 0 Å². The maximum Gasteiger partial charge on any atom is 0.360 e. The fraction of sp³-hybridized carbons (Fsp3) is 0.312. The lowest BCUT2D eigenvalue weighted by molar-refractivity contribution is -0.134. The van der Waals surface area contributed by atoms with E-state index in [9.17, 15) is 9.59 Å². The Hall–Kier alpha value is -3.03. The van der Waals surface area contributed by atoms with E-state index in [1.807, 2.05) is 42.7 Å². The van der Waals surface area contributed by atoms with E-state index < -0.39 is 12.0 Å². The van der Waals surface area contributed by atoms with Gasteiger partial charge in [0.25, 0.3) is 0 Å². The zero-order chi connectivity index (χ0) is 17.9. The van der Waals surface area contributed by atoms with Crippen LogP contribution in [-0.4, -0.2) is 35.7 Å². The van der Waals surface area contributed by atoms with Crippen LogP contribution < -0.4 is 11.2 Å². The first kappa shape index (κ1) is 19.0. The number of esters is 1. The Morgan fingerprint density at radius 3 is 2.38 bits per heavy atom. The molecule has 1 aromatic carbocycles. The summed E-state index contributed by atoms with van der Waals surface area (Å²) in [6.07, 6.45) is 0.624. The zero-order valence-electron chi connectivity index (χ0n) is 13.9. The molecule has 0 aliphatic heterocycles. The topological polar surface area (TPSA) is 118 Å². The van der Waals surface area contributed by atoms with Gasteiger partial charge in [-0.3, -0.25) is 0 Å². The van der Waals surface area contributed by atoms with Crippen molar-refractivity contribution in [1.82, 2.24) is 5.43 Å². The van der Waals surface area contributed by atoms with E-state index in [4.69, 9.17) is 10.5 Å². The van der Waals surface area contributed by atoms with Crippen molar-refractivity contribution in [3.63, 3.8) is 0 Å². The lowest BCUT2D eigenvalue weighted by Gasteiger charge is -2.05. The molecule has 8 nitrogen and oxygen atoms in total. The van der Waals surface area contributed by atoms with E-state index in [0.29, 0.717) is 12.1 Å². The molecule has 0 fully saturated rings. The fourth-order valence-electron chi connectivity index (χ4n) is 1.73. The second kappa shape index (κ2) is 9.88. The molecule has 8 heteroatoms. The van der Waals surface area contributed by atoms with Crippen molar-refractivity contribution in [2.45, 2.75) is 27.2 Å². The highest BCUT2D eigenvalue weighted by Gasteiger charge is 2.17. The SMILES string of the molecule is CCOC(=O)C(=N\N=C(\CC)c1ccccc1)/C(C)=N/NC(N)=O. The molecule has 0 saturated carbocycles. The van der Waals surface area contributed by atoms with Crippen LogP contribution in [0.3, 0.4) is 0 Å².